The van der Waals surface area contributed by atoms with Crippen molar-refractivity contribution in [3.63, 3.8) is 0 Å². The number of aromatic nitrogens is 2. The molecule has 0 radical (unpaired) electrons. The third-order valence-electron chi connectivity index (χ3n) is 3.77. The van der Waals surface area contributed by atoms with E-state index in [4.69, 9.17) is 23.1 Å². The number of nitrogens with zero attached hydrogens (tertiary/aromatic N) is 2. The van der Waals surface area contributed by atoms with Crippen molar-refractivity contribution in [3.05, 3.63) is 46.1 Å². The Morgan fingerprint density at radius 3 is 2.43 bits per heavy atom. The van der Waals surface area contributed by atoms with Gasteiger partial charge in [-0.05, 0) is 49.8 Å². The number of anilines is 2. The molecular formula is C16H21ClN4. The summed E-state index contributed by atoms with van der Waals surface area (Å²) in [5, 5.41) is 0.772. The van der Waals surface area contributed by atoms with Crippen LogP contribution in [-0.4, -0.2) is 9.97 Å². The summed E-state index contributed by atoms with van der Waals surface area (Å²) in [7, 11) is 0. The van der Waals surface area contributed by atoms with E-state index in [0.29, 0.717) is 11.7 Å². The zero-order chi connectivity index (χ0) is 15.4. The zero-order valence-electron chi connectivity index (χ0n) is 12.4. The second-order valence-electron chi connectivity index (χ2n) is 5.38. The van der Waals surface area contributed by atoms with E-state index in [1.807, 2.05) is 19.1 Å². The van der Waals surface area contributed by atoms with Gasteiger partial charge in [-0.2, -0.15) is 4.98 Å². The molecule has 1 atom stereocenters. The van der Waals surface area contributed by atoms with Crippen molar-refractivity contribution in [2.45, 2.75) is 39.0 Å². The van der Waals surface area contributed by atoms with Crippen molar-refractivity contribution in [1.29, 1.82) is 0 Å². The Hall–Kier alpha value is -1.81. The molecule has 0 saturated carbocycles. The maximum atomic E-state index is 5.92. The molecule has 4 nitrogen and oxygen atoms in total. The van der Waals surface area contributed by atoms with Crippen LogP contribution in [-0.2, 0) is 6.42 Å². The lowest BCUT2D eigenvalue weighted by Crippen LogP contribution is -2.07. The highest BCUT2D eigenvalue weighted by atomic mass is 35.5. The van der Waals surface area contributed by atoms with Crippen molar-refractivity contribution in [1.82, 2.24) is 9.97 Å². The van der Waals surface area contributed by atoms with Crippen molar-refractivity contribution < 1.29 is 0 Å². The minimum atomic E-state index is 0.239. The molecule has 1 unspecified atom stereocenters. The third-order valence-corrected chi connectivity index (χ3v) is 4.02. The summed E-state index contributed by atoms with van der Waals surface area (Å²) < 4.78 is 0. The van der Waals surface area contributed by atoms with Crippen LogP contribution in [0.5, 0.6) is 0 Å². The van der Waals surface area contributed by atoms with Crippen LogP contribution < -0.4 is 11.5 Å². The summed E-state index contributed by atoms with van der Waals surface area (Å²) in [5.74, 6) is 1.22. The van der Waals surface area contributed by atoms with E-state index in [1.165, 1.54) is 5.56 Å². The van der Waals surface area contributed by atoms with Crippen molar-refractivity contribution in [3.8, 4) is 0 Å². The minimum Gasteiger partial charge on any atom is -0.383 e. The second kappa shape index (κ2) is 6.76. The number of aryl methyl sites for hydroxylation is 1. The summed E-state index contributed by atoms with van der Waals surface area (Å²) in [5.41, 5.74) is 14.7. The van der Waals surface area contributed by atoms with Crippen LogP contribution in [0, 0.1) is 6.92 Å². The Balaban J connectivity index is 1.94. The Bertz CT molecular complexity index is 587. The Morgan fingerprint density at radius 1 is 1.14 bits per heavy atom. The van der Waals surface area contributed by atoms with Crippen molar-refractivity contribution >= 4 is 23.4 Å². The van der Waals surface area contributed by atoms with Crippen LogP contribution in [0.25, 0.3) is 0 Å². The molecule has 0 amide bonds. The normalized spacial score (nSPS) is 12.3. The number of nitrogen functional groups attached to an aromatic ring is 2. The molecule has 0 aliphatic heterocycles. The first-order valence-electron chi connectivity index (χ1n) is 7.11. The summed E-state index contributed by atoms with van der Waals surface area (Å²) in [4.78, 5) is 8.20. The summed E-state index contributed by atoms with van der Waals surface area (Å²) in [6.45, 7) is 4.14. The van der Waals surface area contributed by atoms with Gasteiger partial charge in [0.05, 0.1) is 0 Å². The first kappa shape index (κ1) is 15.6. The molecule has 0 spiro atoms. The highest BCUT2D eigenvalue weighted by Gasteiger charge is 2.10. The Morgan fingerprint density at radius 2 is 1.81 bits per heavy atom. The van der Waals surface area contributed by atoms with Crippen LogP contribution in [0.15, 0.2) is 24.3 Å². The lowest BCUT2D eigenvalue weighted by molar-refractivity contribution is 0.631. The number of hydrogen-bond acceptors (Lipinski definition) is 4. The predicted molar refractivity (Wildman–Crippen MR) is 88.4 cm³/mol. The molecule has 2 aromatic rings. The van der Waals surface area contributed by atoms with Crippen LogP contribution >= 0.6 is 11.6 Å². The van der Waals surface area contributed by atoms with Crippen LogP contribution in [0.4, 0.5) is 11.8 Å². The summed E-state index contributed by atoms with van der Waals surface area (Å²) >= 11 is 5.91. The smallest absolute Gasteiger partial charge is 0.222 e. The van der Waals surface area contributed by atoms with Gasteiger partial charge in [0.15, 0.2) is 0 Å². The van der Waals surface area contributed by atoms with Crippen LogP contribution in [0.3, 0.4) is 0 Å². The van der Waals surface area contributed by atoms with E-state index in [0.717, 1.165) is 35.5 Å². The van der Waals surface area contributed by atoms with Gasteiger partial charge < -0.3 is 11.5 Å². The van der Waals surface area contributed by atoms with Gasteiger partial charge in [-0.15, -0.1) is 0 Å². The Labute approximate surface area is 130 Å². The largest absolute Gasteiger partial charge is 0.383 e. The average Bonchev–Trinajstić information content (AvgIpc) is 2.42. The molecule has 112 valence electrons. The molecule has 1 heterocycles. The van der Waals surface area contributed by atoms with E-state index in [9.17, 15) is 0 Å². The summed E-state index contributed by atoms with van der Waals surface area (Å²) in [6, 6.07) is 8.03. The van der Waals surface area contributed by atoms with E-state index >= 15 is 0 Å². The number of hydrogen-bond donors (Lipinski definition) is 2. The monoisotopic (exact) mass is 304 g/mol. The first-order valence-corrected chi connectivity index (χ1v) is 7.49. The molecule has 0 aliphatic rings. The van der Waals surface area contributed by atoms with Crippen molar-refractivity contribution in [2.24, 2.45) is 0 Å². The lowest BCUT2D eigenvalue weighted by atomic mass is 9.94. The standard InChI is InChI=1S/C16H21ClN4/c1-10(12-6-8-13(17)9-7-12)4-3-5-14-11(2)20-16(19)21-15(14)18/h6-10H,3-5H2,1-2H3,(H4,18,19,20,21). The molecule has 1 aromatic carbocycles. The van der Waals surface area contributed by atoms with Crippen LogP contribution in [0.1, 0.15) is 42.5 Å². The second-order valence-corrected chi connectivity index (χ2v) is 5.81. The molecule has 1 aromatic heterocycles. The molecule has 0 aliphatic carbocycles. The van der Waals surface area contributed by atoms with Gasteiger partial charge >= 0.3 is 0 Å². The zero-order valence-corrected chi connectivity index (χ0v) is 13.2. The third kappa shape index (κ3) is 4.08. The predicted octanol–water partition coefficient (Wildman–Crippen LogP) is 3.73. The molecule has 0 saturated heterocycles. The molecule has 0 bridgehead atoms. The first-order chi connectivity index (χ1) is 9.97. The maximum absolute atomic E-state index is 5.92. The van der Waals surface area contributed by atoms with Gasteiger partial charge in [0.2, 0.25) is 5.95 Å². The fourth-order valence-corrected chi connectivity index (χ4v) is 2.62. The topological polar surface area (TPSA) is 77.8 Å². The quantitative estimate of drug-likeness (QED) is 0.882. The molecule has 5 heteroatoms. The molecule has 21 heavy (non-hydrogen) atoms. The van der Waals surface area contributed by atoms with Gasteiger partial charge in [-0.3, -0.25) is 0 Å². The number of halogens is 1. The number of benzene rings is 1. The van der Waals surface area contributed by atoms with E-state index in [2.05, 4.69) is 29.0 Å². The Kier molecular flexibility index (Phi) is 5.02. The molecule has 4 N–H and O–H groups in total. The van der Waals surface area contributed by atoms with Crippen molar-refractivity contribution in [2.75, 3.05) is 11.5 Å². The fourth-order valence-electron chi connectivity index (χ4n) is 2.49. The van der Waals surface area contributed by atoms with Gasteiger partial charge in [0.25, 0.3) is 0 Å². The molecular weight excluding hydrogens is 284 g/mol. The van der Waals surface area contributed by atoms with Gasteiger partial charge in [-0.25, -0.2) is 4.98 Å². The number of rotatable bonds is 5. The molecule has 0 fully saturated rings. The highest BCUT2D eigenvalue weighted by Crippen LogP contribution is 2.24. The van der Waals surface area contributed by atoms with E-state index in [-0.39, 0.29) is 5.95 Å². The van der Waals surface area contributed by atoms with E-state index < -0.39 is 0 Å². The number of nitrogens with two attached hydrogens (primary N) is 2. The SMILES string of the molecule is Cc1nc(N)nc(N)c1CCCC(C)c1ccc(Cl)cc1. The average molecular weight is 305 g/mol. The van der Waals surface area contributed by atoms with Gasteiger partial charge in [-0.1, -0.05) is 30.7 Å². The van der Waals surface area contributed by atoms with Gasteiger partial charge in [0.1, 0.15) is 5.82 Å². The van der Waals surface area contributed by atoms with Crippen LogP contribution in [0.2, 0.25) is 5.02 Å². The minimum absolute atomic E-state index is 0.239. The van der Waals surface area contributed by atoms with Gasteiger partial charge in [0, 0.05) is 16.3 Å². The molecule has 2 rings (SSSR count). The summed E-state index contributed by atoms with van der Waals surface area (Å²) in [6.07, 6.45) is 2.98. The fraction of sp³-hybridized carbons (Fsp3) is 0.375. The lowest BCUT2D eigenvalue weighted by Gasteiger charge is -2.13. The van der Waals surface area contributed by atoms with E-state index in [1.54, 1.807) is 0 Å². The highest BCUT2D eigenvalue weighted by molar-refractivity contribution is 6.30. The maximum Gasteiger partial charge on any atom is 0.222 e.